The molecule has 2 amide bonds. The molecule has 37 heavy (non-hydrogen) atoms. The normalized spacial score (nSPS) is 14.0. The van der Waals surface area contributed by atoms with E-state index in [1.807, 2.05) is 24.3 Å². The van der Waals surface area contributed by atoms with Gasteiger partial charge in [-0.25, -0.2) is 4.79 Å². The van der Waals surface area contributed by atoms with Gasteiger partial charge in [-0.15, -0.1) is 0 Å². The van der Waals surface area contributed by atoms with Crippen molar-refractivity contribution in [1.82, 2.24) is 5.32 Å². The monoisotopic (exact) mass is 502 g/mol. The molecule has 3 aromatic rings. The minimum Gasteiger partial charge on any atom is -0.491 e. The van der Waals surface area contributed by atoms with Crippen molar-refractivity contribution in [3.63, 3.8) is 0 Å². The second kappa shape index (κ2) is 11.6. The third-order valence-electron chi connectivity index (χ3n) is 6.30. The molecule has 192 valence electrons. The van der Waals surface area contributed by atoms with Crippen molar-refractivity contribution >= 4 is 23.5 Å². The van der Waals surface area contributed by atoms with Gasteiger partial charge in [-0.1, -0.05) is 37.1 Å². The maximum atomic E-state index is 12.4. The first kappa shape index (κ1) is 25.8. The summed E-state index contributed by atoms with van der Waals surface area (Å²) in [5.74, 6) is 0.514. The van der Waals surface area contributed by atoms with Gasteiger partial charge >= 0.3 is 5.97 Å². The van der Waals surface area contributed by atoms with Crippen molar-refractivity contribution in [2.75, 3.05) is 11.9 Å². The van der Waals surface area contributed by atoms with Crippen LogP contribution in [-0.2, 0) is 16.0 Å². The third kappa shape index (κ3) is 7.10. The highest BCUT2D eigenvalue weighted by atomic mass is 16.5. The number of carbonyl (C=O) groups excluding carboxylic acids is 2. The lowest BCUT2D eigenvalue weighted by Gasteiger charge is -2.29. The van der Waals surface area contributed by atoms with E-state index in [9.17, 15) is 19.5 Å². The van der Waals surface area contributed by atoms with Crippen LogP contribution in [0.3, 0.4) is 0 Å². The fourth-order valence-electron chi connectivity index (χ4n) is 4.53. The molecule has 0 spiro atoms. The first-order valence-electron chi connectivity index (χ1n) is 12.2. The van der Waals surface area contributed by atoms with Gasteiger partial charge in [0.25, 0.3) is 0 Å². The molecule has 0 aromatic heterocycles. The van der Waals surface area contributed by atoms with Gasteiger partial charge in [0.05, 0.1) is 23.2 Å². The number of ether oxygens (including phenoxy) is 2. The predicted molar refractivity (Wildman–Crippen MR) is 139 cm³/mol. The minimum absolute atomic E-state index is 0.0376. The van der Waals surface area contributed by atoms with E-state index in [-0.39, 0.29) is 35.0 Å². The molecule has 0 unspecified atom stereocenters. The average molecular weight is 503 g/mol. The number of para-hydroxylation sites is 1. The summed E-state index contributed by atoms with van der Waals surface area (Å²) in [4.78, 5) is 35.3. The van der Waals surface area contributed by atoms with Gasteiger partial charge in [-0.05, 0) is 66.9 Å². The van der Waals surface area contributed by atoms with Gasteiger partial charge in [0.15, 0.2) is 0 Å². The summed E-state index contributed by atoms with van der Waals surface area (Å²) < 4.78 is 11.9. The molecule has 8 nitrogen and oxygen atoms in total. The zero-order valence-electron chi connectivity index (χ0n) is 20.7. The minimum atomic E-state index is -1.10. The van der Waals surface area contributed by atoms with E-state index >= 15 is 0 Å². The summed E-state index contributed by atoms with van der Waals surface area (Å²) in [7, 11) is 0. The predicted octanol–water partition coefficient (Wildman–Crippen LogP) is 5.19. The maximum Gasteiger partial charge on any atom is 0.337 e. The van der Waals surface area contributed by atoms with Crippen LogP contribution in [0.1, 0.15) is 48.5 Å². The Bertz CT molecular complexity index is 1250. The summed E-state index contributed by atoms with van der Waals surface area (Å²) in [6.45, 7) is 1.97. The Balaban J connectivity index is 1.29. The summed E-state index contributed by atoms with van der Waals surface area (Å²) in [6.07, 6.45) is 4.10. The van der Waals surface area contributed by atoms with Crippen LogP contribution >= 0.6 is 0 Å². The van der Waals surface area contributed by atoms with Gasteiger partial charge in [0.1, 0.15) is 23.9 Å². The molecule has 0 heterocycles. The molecule has 1 fully saturated rings. The maximum absolute atomic E-state index is 12.4. The van der Waals surface area contributed by atoms with Crippen LogP contribution in [0.5, 0.6) is 17.2 Å². The number of carboxylic acids is 1. The lowest BCUT2D eigenvalue weighted by molar-refractivity contribution is -0.121. The first-order chi connectivity index (χ1) is 17.8. The largest absolute Gasteiger partial charge is 0.491 e. The molecule has 0 radical (unpaired) electrons. The molecular formula is C29H30N2O6. The SMILES string of the molecule is CC(=O)NC1(COc2ccc(Oc3ccc(CC(=O)Nc4ccccc4C(=O)O)cc3)cc2)CCCC1. The van der Waals surface area contributed by atoms with Crippen LogP contribution in [-0.4, -0.2) is 35.0 Å². The Morgan fingerprint density at radius 1 is 0.865 bits per heavy atom. The number of rotatable bonds is 10. The summed E-state index contributed by atoms with van der Waals surface area (Å²) >= 11 is 0. The molecule has 1 saturated carbocycles. The lowest BCUT2D eigenvalue weighted by atomic mass is 9.99. The van der Waals surface area contributed by atoms with E-state index in [1.165, 1.54) is 13.0 Å². The van der Waals surface area contributed by atoms with Crippen LogP contribution in [0.4, 0.5) is 5.69 Å². The van der Waals surface area contributed by atoms with E-state index in [0.717, 1.165) is 31.2 Å². The van der Waals surface area contributed by atoms with Crippen LogP contribution in [0.15, 0.2) is 72.8 Å². The van der Waals surface area contributed by atoms with Crippen LogP contribution < -0.4 is 20.1 Å². The molecule has 8 heteroatoms. The van der Waals surface area contributed by atoms with Crippen LogP contribution in [0.25, 0.3) is 0 Å². The highest BCUT2D eigenvalue weighted by molar-refractivity contribution is 6.01. The Morgan fingerprint density at radius 2 is 1.46 bits per heavy atom. The molecule has 1 aliphatic rings. The molecule has 0 bridgehead atoms. The zero-order chi connectivity index (χ0) is 26.3. The first-order valence-corrected chi connectivity index (χ1v) is 12.2. The number of amides is 2. The quantitative estimate of drug-likeness (QED) is 0.352. The summed E-state index contributed by atoms with van der Waals surface area (Å²) in [5.41, 5.74) is 0.781. The van der Waals surface area contributed by atoms with E-state index in [4.69, 9.17) is 9.47 Å². The lowest BCUT2D eigenvalue weighted by Crippen LogP contribution is -2.49. The number of carbonyl (C=O) groups is 3. The van der Waals surface area contributed by atoms with Gasteiger partial charge < -0.3 is 25.2 Å². The second-order valence-corrected chi connectivity index (χ2v) is 9.25. The number of anilines is 1. The van der Waals surface area contributed by atoms with Crippen molar-refractivity contribution < 1.29 is 29.0 Å². The number of benzene rings is 3. The highest BCUT2D eigenvalue weighted by Gasteiger charge is 2.35. The van der Waals surface area contributed by atoms with Gasteiger partial charge in [0.2, 0.25) is 11.8 Å². The standard InChI is InChI=1S/C29H30N2O6/c1-20(32)31-29(16-4-5-17-29)19-36-22-12-14-24(15-13-22)37-23-10-8-21(9-11-23)18-27(33)30-26-7-3-2-6-25(26)28(34)35/h2-3,6-15H,4-5,16-19H2,1H3,(H,30,33)(H,31,32)(H,34,35). The van der Waals surface area contributed by atoms with E-state index in [1.54, 1.807) is 42.5 Å². The number of carboxylic acid groups (broad SMARTS) is 1. The fraction of sp³-hybridized carbons (Fsp3) is 0.276. The van der Waals surface area contributed by atoms with Gasteiger partial charge in [-0.2, -0.15) is 0 Å². The van der Waals surface area contributed by atoms with E-state index in [0.29, 0.717) is 23.9 Å². The Labute approximate surface area is 215 Å². The van der Waals surface area contributed by atoms with Crippen molar-refractivity contribution in [2.45, 2.75) is 44.6 Å². The number of aromatic carboxylic acids is 1. The smallest absolute Gasteiger partial charge is 0.337 e. The van der Waals surface area contributed by atoms with E-state index < -0.39 is 5.97 Å². The molecule has 0 saturated heterocycles. The van der Waals surface area contributed by atoms with Gasteiger partial charge in [-0.3, -0.25) is 9.59 Å². The Hall–Kier alpha value is -4.33. The number of hydrogen-bond donors (Lipinski definition) is 3. The van der Waals surface area contributed by atoms with Gasteiger partial charge in [0, 0.05) is 6.92 Å². The molecule has 3 aromatic carbocycles. The topological polar surface area (TPSA) is 114 Å². The Kier molecular flexibility index (Phi) is 8.08. The van der Waals surface area contributed by atoms with E-state index in [2.05, 4.69) is 10.6 Å². The molecule has 4 rings (SSSR count). The van der Waals surface area contributed by atoms with Crippen LogP contribution in [0.2, 0.25) is 0 Å². The van der Waals surface area contributed by atoms with Crippen molar-refractivity contribution in [1.29, 1.82) is 0 Å². The van der Waals surface area contributed by atoms with Crippen molar-refractivity contribution in [2.24, 2.45) is 0 Å². The molecule has 3 N–H and O–H groups in total. The molecule has 0 aliphatic heterocycles. The average Bonchev–Trinajstić information content (AvgIpc) is 3.33. The highest BCUT2D eigenvalue weighted by Crippen LogP contribution is 2.31. The number of hydrogen-bond acceptors (Lipinski definition) is 5. The molecular weight excluding hydrogens is 472 g/mol. The Morgan fingerprint density at radius 3 is 2.08 bits per heavy atom. The third-order valence-corrected chi connectivity index (χ3v) is 6.30. The zero-order valence-corrected chi connectivity index (χ0v) is 20.7. The summed E-state index contributed by atoms with van der Waals surface area (Å²) in [5, 5.41) is 15.0. The molecule has 1 aliphatic carbocycles. The van der Waals surface area contributed by atoms with Crippen molar-refractivity contribution in [3.8, 4) is 17.2 Å². The fourth-order valence-corrected chi connectivity index (χ4v) is 4.53. The van der Waals surface area contributed by atoms with Crippen molar-refractivity contribution in [3.05, 3.63) is 83.9 Å². The van der Waals surface area contributed by atoms with Crippen LogP contribution in [0, 0.1) is 0 Å². The second-order valence-electron chi connectivity index (χ2n) is 9.25. The number of nitrogens with one attached hydrogen (secondary N) is 2. The summed E-state index contributed by atoms with van der Waals surface area (Å²) in [6, 6.07) is 20.7. The molecule has 0 atom stereocenters.